The van der Waals surface area contributed by atoms with Gasteiger partial charge >= 0.3 is 0 Å². The number of halogens is 1. The number of benzene rings is 2. The first-order valence-corrected chi connectivity index (χ1v) is 4.14. The van der Waals surface area contributed by atoms with E-state index in [2.05, 4.69) is 0 Å². The van der Waals surface area contributed by atoms with E-state index in [-0.39, 0.29) is 35.8 Å². The minimum Gasteiger partial charge on any atom is -0.0843 e. The number of hydrogen-bond acceptors (Lipinski definition) is 0. The topological polar surface area (TPSA) is 0 Å². The summed E-state index contributed by atoms with van der Waals surface area (Å²) in [4.78, 5) is 0. The molecule has 0 atom stereocenters. The molecular weight excluding hydrogens is 180 g/mol. The minimum atomic E-state index is -0.386. The lowest BCUT2D eigenvalue weighted by Crippen LogP contribution is -1.74. The van der Waals surface area contributed by atoms with Crippen LogP contribution in [0.5, 0.6) is 0 Å². The van der Waals surface area contributed by atoms with Gasteiger partial charge in [0.05, 0.1) is 6.85 Å². The second kappa shape index (κ2) is 3.63. The third kappa shape index (κ3) is 1.90. The minimum absolute atomic E-state index is 0.192. The van der Waals surface area contributed by atoms with Crippen LogP contribution in [0.15, 0.2) is 54.5 Å². The van der Waals surface area contributed by atoms with Crippen molar-refractivity contribution >= 4 is 11.6 Å². The Morgan fingerprint density at radius 3 is 2.08 bits per heavy atom. The van der Waals surface area contributed by atoms with Crippen LogP contribution in [-0.2, 0) is 0 Å². The molecule has 64 valence electrons. The fourth-order valence-corrected chi connectivity index (χ4v) is 1.14. The first-order valence-electron chi connectivity index (χ1n) is 6.26. The van der Waals surface area contributed by atoms with Gasteiger partial charge in [-0.3, -0.25) is 0 Å². The Labute approximate surface area is 89.8 Å². The van der Waals surface area contributed by atoms with Gasteiger partial charge in [-0.15, -0.1) is 0 Å². The summed E-state index contributed by atoms with van der Waals surface area (Å²) in [5.74, 6) is 0. The van der Waals surface area contributed by atoms with E-state index in [0.717, 1.165) is 0 Å². The molecule has 2 aromatic rings. The Morgan fingerprint density at radius 1 is 0.846 bits per heavy atom. The van der Waals surface area contributed by atoms with E-state index in [4.69, 9.17) is 18.5 Å². The molecule has 0 N–H and O–H groups in total. The van der Waals surface area contributed by atoms with Gasteiger partial charge in [0.1, 0.15) is 0 Å². The molecule has 0 unspecified atom stereocenters. The molecule has 2 rings (SSSR count). The molecule has 0 aliphatic rings. The Bertz CT molecular complexity index is 578. The molecule has 0 spiro atoms. The predicted molar refractivity (Wildman–Crippen MR) is 56.9 cm³/mol. The third-order valence-corrected chi connectivity index (χ3v) is 1.88. The summed E-state index contributed by atoms with van der Waals surface area (Å²) in [6.07, 6.45) is 0. The zero-order chi connectivity index (χ0) is 13.4. The van der Waals surface area contributed by atoms with Crippen molar-refractivity contribution in [3.63, 3.8) is 0 Å². The van der Waals surface area contributed by atoms with Crippen LogP contribution in [-0.4, -0.2) is 0 Å². The molecule has 0 amide bonds. The fraction of sp³-hybridized carbons (Fsp3) is 0. The lowest BCUT2D eigenvalue weighted by atomic mass is 10.1. The van der Waals surface area contributed by atoms with Crippen LogP contribution in [0.25, 0.3) is 11.1 Å². The van der Waals surface area contributed by atoms with Gasteiger partial charge in [0.15, 0.2) is 0 Å². The first kappa shape index (κ1) is 4.30. The molecule has 0 bridgehead atoms. The van der Waals surface area contributed by atoms with Crippen LogP contribution < -0.4 is 0 Å². The molecule has 0 heterocycles. The van der Waals surface area contributed by atoms with Gasteiger partial charge in [0.2, 0.25) is 0 Å². The SMILES string of the molecule is [2H]c1c([2H])c([2H])c(-c2ccc(Cl)cc2)c([2H])c1[2H]. The van der Waals surface area contributed by atoms with E-state index in [1.807, 2.05) is 0 Å². The first-order chi connectivity index (χ1) is 8.43. The van der Waals surface area contributed by atoms with E-state index in [0.29, 0.717) is 10.6 Å². The van der Waals surface area contributed by atoms with Crippen LogP contribution in [0.2, 0.25) is 5.02 Å². The Morgan fingerprint density at radius 2 is 1.46 bits per heavy atom. The molecule has 1 heteroatoms. The second-order valence-corrected chi connectivity index (χ2v) is 2.94. The van der Waals surface area contributed by atoms with E-state index in [9.17, 15) is 0 Å². The second-order valence-electron chi connectivity index (χ2n) is 2.51. The van der Waals surface area contributed by atoms with Gasteiger partial charge in [-0.05, 0) is 23.3 Å². The summed E-state index contributed by atoms with van der Waals surface area (Å²) < 4.78 is 38.3. The molecule has 0 fully saturated rings. The molecule has 0 nitrogen and oxygen atoms in total. The average molecular weight is 194 g/mol. The van der Waals surface area contributed by atoms with Crippen molar-refractivity contribution in [2.45, 2.75) is 0 Å². The lowest BCUT2D eigenvalue weighted by Gasteiger charge is -2.00. The zero-order valence-corrected chi connectivity index (χ0v) is 7.44. The molecule has 13 heavy (non-hydrogen) atoms. The highest BCUT2D eigenvalue weighted by molar-refractivity contribution is 6.30. The standard InChI is InChI=1S/C12H9Cl/c13-12-8-6-11(7-9-12)10-4-2-1-3-5-10/h1-9H/i1D,2D,3D,4D,5D. The summed E-state index contributed by atoms with van der Waals surface area (Å²) in [6, 6.07) is 5.05. The van der Waals surface area contributed by atoms with Gasteiger partial charge in [-0.2, -0.15) is 0 Å². The van der Waals surface area contributed by atoms with Crippen LogP contribution in [0.1, 0.15) is 6.85 Å². The molecule has 0 aromatic heterocycles. The number of rotatable bonds is 1. The Hall–Kier alpha value is -1.27. The summed E-state index contributed by atoms with van der Waals surface area (Å²) >= 11 is 5.77. The van der Waals surface area contributed by atoms with Crippen molar-refractivity contribution in [1.82, 2.24) is 0 Å². The molecule has 2 aromatic carbocycles. The van der Waals surface area contributed by atoms with Gasteiger partial charge in [0.25, 0.3) is 0 Å². The van der Waals surface area contributed by atoms with Gasteiger partial charge < -0.3 is 0 Å². The maximum Gasteiger partial charge on any atom is 0.0629 e. The van der Waals surface area contributed by atoms with Gasteiger partial charge in [0, 0.05) is 5.02 Å². The van der Waals surface area contributed by atoms with Crippen molar-refractivity contribution in [1.29, 1.82) is 0 Å². The maximum absolute atomic E-state index is 7.82. The number of hydrogen-bond donors (Lipinski definition) is 0. The fourth-order valence-electron chi connectivity index (χ4n) is 1.01. The summed E-state index contributed by atoms with van der Waals surface area (Å²) in [6.45, 7) is 0. The molecule has 0 saturated carbocycles. The highest BCUT2D eigenvalue weighted by Gasteiger charge is 1.94. The van der Waals surface area contributed by atoms with Gasteiger partial charge in [-0.25, -0.2) is 0 Å². The van der Waals surface area contributed by atoms with Gasteiger partial charge in [-0.1, -0.05) is 53.9 Å². The molecular formula is C12H9Cl. The zero-order valence-electron chi connectivity index (χ0n) is 11.7. The van der Waals surface area contributed by atoms with Crippen LogP contribution in [0, 0.1) is 0 Å². The normalized spacial score (nSPS) is 15.3. The molecule has 0 aliphatic carbocycles. The quantitative estimate of drug-likeness (QED) is 0.642. The van der Waals surface area contributed by atoms with E-state index < -0.39 is 0 Å². The van der Waals surface area contributed by atoms with Crippen molar-refractivity contribution in [2.24, 2.45) is 0 Å². The van der Waals surface area contributed by atoms with E-state index in [1.165, 1.54) is 0 Å². The molecule has 0 saturated heterocycles. The van der Waals surface area contributed by atoms with Crippen LogP contribution in [0.3, 0.4) is 0 Å². The highest BCUT2D eigenvalue weighted by Crippen LogP contribution is 2.20. The van der Waals surface area contributed by atoms with E-state index in [1.54, 1.807) is 24.3 Å². The van der Waals surface area contributed by atoms with E-state index >= 15 is 0 Å². The smallest absolute Gasteiger partial charge is 0.0629 e. The van der Waals surface area contributed by atoms with Crippen molar-refractivity contribution in [3.8, 4) is 11.1 Å². The monoisotopic (exact) mass is 193 g/mol. The predicted octanol–water partition coefficient (Wildman–Crippen LogP) is 4.01. The van der Waals surface area contributed by atoms with Crippen molar-refractivity contribution in [2.75, 3.05) is 0 Å². The summed E-state index contributed by atoms with van der Waals surface area (Å²) in [5, 5.41) is 0.533. The largest absolute Gasteiger partial charge is 0.0843 e. The highest BCUT2D eigenvalue weighted by atomic mass is 35.5. The molecule has 0 aliphatic heterocycles. The Balaban J connectivity index is 2.75. The molecule has 0 radical (unpaired) electrons. The van der Waals surface area contributed by atoms with Crippen LogP contribution >= 0.6 is 11.6 Å². The van der Waals surface area contributed by atoms with Crippen LogP contribution in [0.4, 0.5) is 0 Å². The van der Waals surface area contributed by atoms with Crippen molar-refractivity contribution in [3.05, 3.63) is 59.5 Å². The Kier molecular flexibility index (Phi) is 1.20. The lowest BCUT2D eigenvalue weighted by molar-refractivity contribution is 1.62. The maximum atomic E-state index is 7.82. The summed E-state index contributed by atoms with van der Waals surface area (Å²) in [5.41, 5.74) is 0.745. The summed E-state index contributed by atoms with van der Waals surface area (Å²) in [7, 11) is 0. The third-order valence-electron chi connectivity index (χ3n) is 1.63. The van der Waals surface area contributed by atoms with Crippen molar-refractivity contribution < 1.29 is 6.85 Å². The average Bonchev–Trinajstić information content (AvgIpc) is 2.36.